The Hall–Kier alpha value is -2.95. The molecular formula is C21H28N6O4. The average molecular weight is 428 g/mol. The summed E-state index contributed by atoms with van der Waals surface area (Å²) in [4.78, 5) is 33.7. The molecular weight excluding hydrogens is 400 g/mol. The lowest BCUT2D eigenvalue weighted by atomic mass is 10.2. The summed E-state index contributed by atoms with van der Waals surface area (Å²) in [6, 6.07) is 10.2. The van der Waals surface area contributed by atoms with Crippen LogP contribution in [-0.4, -0.2) is 72.6 Å². The Labute approximate surface area is 179 Å². The summed E-state index contributed by atoms with van der Waals surface area (Å²) < 4.78 is 3.82. The maximum Gasteiger partial charge on any atom is 0.332 e. The van der Waals surface area contributed by atoms with Gasteiger partial charge in [-0.1, -0.05) is 18.2 Å². The van der Waals surface area contributed by atoms with Crippen LogP contribution >= 0.6 is 0 Å². The molecule has 0 aliphatic carbocycles. The third-order valence-electron chi connectivity index (χ3n) is 5.92. The van der Waals surface area contributed by atoms with Crippen molar-refractivity contribution in [3.05, 3.63) is 57.0 Å². The molecule has 0 unspecified atom stereocenters. The Kier molecular flexibility index (Phi) is 5.94. The third kappa shape index (κ3) is 4.01. The van der Waals surface area contributed by atoms with Crippen LogP contribution in [0.1, 0.15) is 5.82 Å². The number of aliphatic hydroxyl groups is 2. The first-order valence-electron chi connectivity index (χ1n) is 10.4. The molecule has 3 aromatic rings. The second-order valence-corrected chi connectivity index (χ2v) is 7.95. The number of aliphatic hydroxyl groups excluding tert-OH is 2. The topological polar surface area (TPSA) is 109 Å². The van der Waals surface area contributed by atoms with Crippen LogP contribution < -0.4 is 16.1 Å². The zero-order valence-corrected chi connectivity index (χ0v) is 17.8. The molecule has 0 saturated carbocycles. The first-order chi connectivity index (χ1) is 14.9. The maximum atomic E-state index is 12.7. The van der Waals surface area contributed by atoms with Gasteiger partial charge in [0.05, 0.1) is 12.6 Å². The second-order valence-electron chi connectivity index (χ2n) is 7.95. The zero-order valence-electron chi connectivity index (χ0n) is 17.8. The Morgan fingerprint density at radius 3 is 2.32 bits per heavy atom. The van der Waals surface area contributed by atoms with E-state index in [2.05, 4.69) is 26.9 Å². The molecule has 31 heavy (non-hydrogen) atoms. The quantitative estimate of drug-likeness (QED) is 0.524. The van der Waals surface area contributed by atoms with Crippen LogP contribution in [-0.2, 0) is 27.2 Å². The summed E-state index contributed by atoms with van der Waals surface area (Å²) in [5.74, 6) is 0.251. The minimum absolute atomic E-state index is 0.110. The first-order valence-corrected chi connectivity index (χ1v) is 10.4. The van der Waals surface area contributed by atoms with Crippen molar-refractivity contribution in [2.75, 3.05) is 37.6 Å². The van der Waals surface area contributed by atoms with Crippen molar-refractivity contribution in [2.45, 2.75) is 19.3 Å². The van der Waals surface area contributed by atoms with E-state index in [9.17, 15) is 19.8 Å². The number of fused-ring (bicyclic) bond motifs is 1. The molecule has 0 amide bonds. The summed E-state index contributed by atoms with van der Waals surface area (Å²) in [5.41, 5.74) is 0.640. The van der Waals surface area contributed by atoms with Crippen molar-refractivity contribution in [3.8, 4) is 0 Å². The van der Waals surface area contributed by atoms with E-state index in [1.165, 1.54) is 28.9 Å². The van der Waals surface area contributed by atoms with E-state index >= 15 is 0 Å². The number of aryl methyl sites for hydroxylation is 1. The number of hydrogen-bond acceptors (Lipinski definition) is 7. The highest BCUT2D eigenvalue weighted by Gasteiger charge is 2.23. The van der Waals surface area contributed by atoms with Crippen molar-refractivity contribution in [1.82, 2.24) is 23.6 Å². The van der Waals surface area contributed by atoms with Gasteiger partial charge in [-0.25, -0.2) is 9.78 Å². The maximum absolute atomic E-state index is 12.7. The van der Waals surface area contributed by atoms with Crippen molar-refractivity contribution < 1.29 is 10.2 Å². The van der Waals surface area contributed by atoms with Crippen molar-refractivity contribution in [3.63, 3.8) is 0 Å². The number of piperazine rings is 1. The molecule has 1 fully saturated rings. The Balaban J connectivity index is 1.49. The summed E-state index contributed by atoms with van der Waals surface area (Å²) in [5, 5.41) is 20.5. The van der Waals surface area contributed by atoms with Gasteiger partial charge in [0.15, 0.2) is 11.2 Å². The van der Waals surface area contributed by atoms with Crippen LogP contribution in [0.25, 0.3) is 11.2 Å². The average Bonchev–Trinajstić information content (AvgIpc) is 3.15. The monoisotopic (exact) mass is 428 g/mol. The summed E-state index contributed by atoms with van der Waals surface area (Å²) in [6.45, 7) is 3.54. The normalized spacial score (nSPS) is 16.2. The first kappa shape index (κ1) is 21.3. The molecule has 1 aromatic carbocycles. The molecule has 166 valence electrons. The Morgan fingerprint density at radius 1 is 1.00 bits per heavy atom. The molecule has 10 heteroatoms. The molecule has 3 heterocycles. The van der Waals surface area contributed by atoms with Gasteiger partial charge in [-0.15, -0.1) is 0 Å². The van der Waals surface area contributed by atoms with Gasteiger partial charge >= 0.3 is 5.69 Å². The van der Waals surface area contributed by atoms with Gasteiger partial charge in [0.1, 0.15) is 12.4 Å². The van der Waals surface area contributed by atoms with E-state index in [0.717, 1.165) is 30.7 Å². The number of benzene rings is 1. The van der Waals surface area contributed by atoms with E-state index in [1.807, 2.05) is 18.2 Å². The molecule has 0 radical (unpaired) electrons. The lowest BCUT2D eigenvalue weighted by Gasteiger charge is -2.37. The lowest BCUT2D eigenvalue weighted by molar-refractivity contribution is 0.0940. The molecule has 0 bridgehead atoms. The highest BCUT2D eigenvalue weighted by Crippen LogP contribution is 2.16. The van der Waals surface area contributed by atoms with Gasteiger partial charge in [0.25, 0.3) is 5.56 Å². The van der Waals surface area contributed by atoms with E-state index in [1.54, 1.807) is 0 Å². The van der Waals surface area contributed by atoms with Gasteiger partial charge in [-0.05, 0) is 12.1 Å². The smallest absolute Gasteiger partial charge is 0.332 e. The van der Waals surface area contributed by atoms with Crippen LogP contribution in [0.3, 0.4) is 0 Å². The molecule has 1 atom stereocenters. The predicted molar refractivity (Wildman–Crippen MR) is 117 cm³/mol. The number of β-amino-alcohol motifs (C(OH)–C–C–N with tert-alkyl or cyclic N) is 1. The van der Waals surface area contributed by atoms with Gasteiger partial charge in [0.2, 0.25) is 0 Å². The van der Waals surface area contributed by atoms with E-state index < -0.39 is 24.0 Å². The van der Waals surface area contributed by atoms with Gasteiger partial charge in [0, 0.05) is 52.5 Å². The van der Waals surface area contributed by atoms with E-state index in [4.69, 9.17) is 0 Å². The lowest BCUT2D eigenvalue weighted by Crippen LogP contribution is -2.49. The Bertz CT molecular complexity index is 1170. The number of rotatable bonds is 6. The number of imidazole rings is 1. The van der Waals surface area contributed by atoms with E-state index in [-0.39, 0.29) is 23.5 Å². The molecule has 1 aliphatic heterocycles. The summed E-state index contributed by atoms with van der Waals surface area (Å²) in [7, 11) is 2.94. The molecule has 1 aliphatic rings. The molecule has 10 nitrogen and oxygen atoms in total. The molecule has 0 spiro atoms. The van der Waals surface area contributed by atoms with Crippen LogP contribution in [0, 0.1) is 0 Å². The number of nitrogens with zero attached hydrogens (tertiary/aromatic N) is 6. The zero-order chi connectivity index (χ0) is 22.1. The highest BCUT2D eigenvalue weighted by atomic mass is 16.3. The van der Waals surface area contributed by atoms with Gasteiger partial charge < -0.3 is 19.7 Å². The van der Waals surface area contributed by atoms with Crippen molar-refractivity contribution in [2.24, 2.45) is 14.1 Å². The Morgan fingerprint density at radius 2 is 1.68 bits per heavy atom. The minimum Gasteiger partial charge on any atom is -0.390 e. The second kappa shape index (κ2) is 8.66. The van der Waals surface area contributed by atoms with Crippen LogP contribution in [0.5, 0.6) is 0 Å². The SMILES string of the molecule is Cn1c(=O)c2c(nc(CO)n2C[C@@H](O)CN2CCN(c3ccccc3)CC2)n(C)c1=O. The van der Waals surface area contributed by atoms with Gasteiger partial charge in [-0.2, -0.15) is 0 Å². The van der Waals surface area contributed by atoms with Crippen molar-refractivity contribution >= 4 is 16.9 Å². The summed E-state index contributed by atoms with van der Waals surface area (Å²) >= 11 is 0. The molecule has 2 N–H and O–H groups in total. The number of para-hydroxylation sites is 1. The molecule has 2 aromatic heterocycles. The van der Waals surface area contributed by atoms with E-state index in [0.29, 0.717) is 6.54 Å². The fourth-order valence-corrected chi connectivity index (χ4v) is 4.20. The minimum atomic E-state index is -0.757. The standard InChI is InChI=1S/C21H28N6O4/c1-23-19-18(20(30)24(2)21(23)31)27(17(14-28)22-19)13-16(29)12-25-8-10-26(11-9-25)15-6-4-3-5-7-15/h3-7,16,28-29H,8-14H2,1-2H3/t16-/m0/s1. The largest absolute Gasteiger partial charge is 0.390 e. The van der Waals surface area contributed by atoms with Crippen LogP contribution in [0.2, 0.25) is 0 Å². The van der Waals surface area contributed by atoms with Crippen LogP contribution in [0.15, 0.2) is 39.9 Å². The highest BCUT2D eigenvalue weighted by molar-refractivity contribution is 5.71. The third-order valence-corrected chi connectivity index (χ3v) is 5.92. The van der Waals surface area contributed by atoms with Crippen LogP contribution in [0.4, 0.5) is 5.69 Å². The number of aromatic nitrogens is 4. The molecule has 1 saturated heterocycles. The number of anilines is 1. The van der Waals surface area contributed by atoms with Crippen molar-refractivity contribution in [1.29, 1.82) is 0 Å². The fourth-order valence-electron chi connectivity index (χ4n) is 4.20. The summed E-state index contributed by atoms with van der Waals surface area (Å²) in [6.07, 6.45) is -0.757. The van der Waals surface area contributed by atoms with Gasteiger partial charge in [-0.3, -0.25) is 18.8 Å². The predicted octanol–water partition coefficient (Wildman–Crippen LogP) is -0.891. The number of hydrogen-bond donors (Lipinski definition) is 2. The molecule has 4 rings (SSSR count). The fraction of sp³-hybridized carbons (Fsp3) is 0.476.